The van der Waals surface area contributed by atoms with E-state index in [0.29, 0.717) is 18.0 Å². The first-order chi connectivity index (χ1) is 15.9. The number of imidazole rings is 1. The number of fused-ring (bicyclic) bond motifs is 1. The van der Waals surface area contributed by atoms with Crippen molar-refractivity contribution in [2.45, 2.75) is 38.9 Å². The molecule has 1 aliphatic rings. The number of pyridine rings is 1. The highest BCUT2D eigenvalue weighted by Crippen LogP contribution is 2.29. The maximum absolute atomic E-state index is 12.2. The zero-order valence-electron chi connectivity index (χ0n) is 19.0. The summed E-state index contributed by atoms with van der Waals surface area (Å²) < 4.78 is 9.32. The van der Waals surface area contributed by atoms with Crippen LogP contribution in [0.4, 0.5) is 0 Å². The minimum Gasteiger partial charge on any atom is -0.480 e. The van der Waals surface area contributed by atoms with Gasteiger partial charge in [-0.25, -0.2) is 4.98 Å². The number of nitrogens with zero attached hydrogens (tertiary/aromatic N) is 3. The predicted molar refractivity (Wildman–Crippen MR) is 124 cm³/mol. The van der Waals surface area contributed by atoms with Gasteiger partial charge in [-0.15, -0.1) is 0 Å². The first kappa shape index (κ1) is 23.2. The highest BCUT2D eigenvalue weighted by atomic mass is 16.5. The Kier molecular flexibility index (Phi) is 6.92. The molecule has 1 saturated heterocycles. The Labute approximate surface area is 191 Å². The summed E-state index contributed by atoms with van der Waals surface area (Å²) in [5.41, 5.74) is 4.18. The van der Waals surface area contributed by atoms with Gasteiger partial charge in [-0.3, -0.25) is 14.9 Å². The van der Waals surface area contributed by atoms with Crippen molar-refractivity contribution in [1.82, 2.24) is 19.4 Å². The molecular formula is C24H30N4O5. The topological polar surface area (TPSA) is 119 Å². The lowest BCUT2D eigenvalue weighted by Crippen LogP contribution is -2.39. The van der Waals surface area contributed by atoms with Gasteiger partial charge in [-0.1, -0.05) is 6.07 Å². The van der Waals surface area contributed by atoms with E-state index < -0.39 is 18.6 Å². The number of aliphatic carboxylic acids is 1. The van der Waals surface area contributed by atoms with E-state index in [-0.39, 0.29) is 5.56 Å². The summed E-state index contributed by atoms with van der Waals surface area (Å²) in [6.45, 7) is 3.96. The lowest BCUT2D eigenvalue weighted by atomic mass is 10.00. The lowest BCUT2D eigenvalue weighted by molar-refractivity contribution is -0.140. The van der Waals surface area contributed by atoms with Crippen molar-refractivity contribution in [3.63, 3.8) is 0 Å². The smallest absolute Gasteiger partial charge is 0.323 e. The molecule has 0 radical (unpaired) electrons. The largest absolute Gasteiger partial charge is 0.480 e. The van der Waals surface area contributed by atoms with Crippen molar-refractivity contribution >= 4 is 17.0 Å². The molecule has 3 N–H and O–H groups in total. The van der Waals surface area contributed by atoms with Crippen LogP contribution in [0.1, 0.15) is 24.0 Å². The average Bonchev–Trinajstić information content (AvgIpc) is 3.15. The number of hydrogen-bond acceptors (Lipinski definition) is 6. The van der Waals surface area contributed by atoms with Gasteiger partial charge in [0.25, 0.3) is 5.56 Å². The second-order valence-electron chi connectivity index (χ2n) is 8.71. The standard InChI is InChI=1S/C24H30N4O5/c1-15-9-18(13-27(2)23(15)30)22-26-19-10-17(11-25-20(14-29)24(31)32)3-4-21(19)28(22)12-16-5-7-33-8-6-16/h3-4,9-10,13,16,20,25,29H,5-8,11-12,14H2,1-2H3,(H,31,32). The molecule has 3 heterocycles. The number of carbonyl (C=O) groups is 1. The van der Waals surface area contributed by atoms with Gasteiger partial charge >= 0.3 is 5.97 Å². The number of aryl methyl sites for hydroxylation is 2. The van der Waals surface area contributed by atoms with Gasteiger partial charge in [0.15, 0.2) is 0 Å². The molecule has 9 nitrogen and oxygen atoms in total. The fraction of sp³-hybridized carbons (Fsp3) is 0.458. The zero-order valence-corrected chi connectivity index (χ0v) is 19.0. The van der Waals surface area contributed by atoms with Crippen molar-refractivity contribution < 1.29 is 19.7 Å². The van der Waals surface area contributed by atoms with Crippen LogP contribution in [-0.2, 0) is 29.7 Å². The molecule has 9 heteroatoms. The van der Waals surface area contributed by atoms with Crippen LogP contribution in [0.15, 0.2) is 35.3 Å². The van der Waals surface area contributed by atoms with E-state index in [4.69, 9.17) is 14.8 Å². The Morgan fingerprint density at radius 3 is 2.73 bits per heavy atom. The molecule has 3 aromatic rings. The highest BCUT2D eigenvalue weighted by Gasteiger charge is 2.21. The minimum atomic E-state index is -1.09. The monoisotopic (exact) mass is 454 g/mol. The van der Waals surface area contributed by atoms with Gasteiger partial charge < -0.3 is 24.1 Å². The number of hydrogen-bond donors (Lipinski definition) is 3. The third-order valence-electron chi connectivity index (χ3n) is 6.25. The molecule has 1 aliphatic heterocycles. The third kappa shape index (κ3) is 5.00. The summed E-state index contributed by atoms with van der Waals surface area (Å²) >= 11 is 0. The molecule has 0 saturated carbocycles. The van der Waals surface area contributed by atoms with Gasteiger partial charge in [-0.05, 0) is 49.4 Å². The van der Waals surface area contributed by atoms with Crippen molar-refractivity contribution in [3.05, 3.63) is 51.9 Å². The van der Waals surface area contributed by atoms with Gasteiger partial charge in [0.2, 0.25) is 0 Å². The molecule has 1 aromatic carbocycles. The molecule has 176 valence electrons. The lowest BCUT2D eigenvalue weighted by Gasteiger charge is -2.23. The van der Waals surface area contributed by atoms with Crippen LogP contribution in [0.2, 0.25) is 0 Å². The Bertz CT molecular complexity index is 1180. The van der Waals surface area contributed by atoms with Crippen LogP contribution in [0.3, 0.4) is 0 Å². The van der Waals surface area contributed by atoms with Gasteiger partial charge in [0, 0.05) is 50.7 Å². The van der Waals surface area contributed by atoms with Crippen molar-refractivity contribution in [1.29, 1.82) is 0 Å². The highest BCUT2D eigenvalue weighted by molar-refractivity contribution is 5.81. The number of benzene rings is 1. The Morgan fingerprint density at radius 2 is 2.06 bits per heavy atom. The normalized spacial score (nSPS) is 15.7. The molecular weight excluding hydrogens is 424 g/mol. The molecule has 1 unspecified atom stereocenters. The summed E-state index contributed by atoms with van der Waals surface area (Å²) in [6.07, 6.45) is 3.80. The van der Waals surface area contributed by atoms with Gasteiger partial charge in [-0.2, -0.15) is 0 Å². The number of ether oxygens (including phenoxy) is 1. The van der Waals surface area contributed by atoms with Gasteiger partial charge in [0.05, 0.1) is 17.6 Å². The minimum absolute atomic E-state index is 0.0314. The van der Waals surface area contributed by atoms with Crippen molar-refractivity contribution in [3.8, 4) is 11.4 Å². The van der Waals surface area contributed by atoms with Crippen molar-refractivity contribution in [2.75, 3.05) is 19.8 Å². The third-order valence-corrected chi connectivity index (χ3v) is 6.25. The van der Waals surface area contributed by atoms with E-state index in [1.54, 1.807) is 18.5 Å². The summed E-state index contributed by atoms with van der Waals surface area (Å²) in [4.78, 5) is 28.3. The number of aromatic nitrogens is 3. The quantitative estimate of drug-likeness (QED) is 0.474. The van der Waals surface area contributed by atoms with Crippen LogP contribution in [0, 0.1) is 12.8 Å². The van der Waals surface area contributed by atoms with E-state index in [1.165, 1.54) is 0 Å². The number of carboxylic acid groups (broad SMARTS) is 1. The molecule has 4 rings (SSSR count). The van der Waals surface area contributed by atoms with E-state index in [9.17, 15) is 14.7 Å². The fourth-order valence-corrected chi connectivity index (χ4v) is 4.35. The molecule has 2 aromatic heterocycles. The maximum atomic E-state index is 12.2. The zero-order chi connectivity index (χ0) is 23.5. The number of aliphatic hydroxyl groups is 1. The van der Waals surface area contributed by atoms with E-state index in [2.05, 4.69) is 9.88 Å². The van der Waals surface area contributed by atoms with Crippen LogP contribution in [0.5, 0.6) is 0 Å². The summed E-state index contributed by atoms with van der Waals surface area (Å²) in [6, 6.07) is 6.76. The molecule has 33 heavy (non-hydrogen) atoms. The Morgan fingerprint density at radius 1 is 1.30 bits per heavy atom. The van der Waals surface area contributed by atoms with Crippen LogP contribution < -0.4 is 10.9 Å². The molecule has 0 spiro atoms. The number of aliphatic hydroxyl groups excluding tert-OH is 1. The number of carboxylic acids is 1. The maximum Gasteiger partial charge on any atom is 0.323 e. The summed E-state index contributed by atoms with van der Waals surface area (Å²) in [5.74, 6) is 0.191. The summed E-state index contributed by atoms with van der Waals surface area (Å²) in [7, 11) is 1.74. The van der Waals surface area contributed by atoms with Gasteiger partial charge in [0.1, 0.15) is 11.9 Å². The molecule has 0 aliphatic carbocycles. The predicted octanol–water partition coefficient (Wildman–Crippen LogP) is 1.67. The molecule has 0 amide bonds. The second-order valence-corrected chi connectivity index (χ2v) is 8.71. The number of rotatable bonds is 8. The van der Waals surface area contributed by atoms with Crippen molar-refractivity contribution in [2.24, 2.45) is 13.0 Å². The van der Waals surface area contributed by atoms with E-state index in [1.807, 2.05) is 30.5 Å². The SMILES string of the molecule is Cc1cc(-c2nc3cc(CNC(CO)C(=O)O)ccc3n2CC2CCOCC2)cn(C)c1=O. The molecule has 0 bridgehead atoms. The fourth-order valence-electron chi connectivity index (χ4n) is 4.35. The van der Waals surface area contributed by atoms with E-state index in [0.717, 1.165) is 60.6 Å². The van der Waals surface area contributed by atoms with Crippen LogP contribution >= 0.6 is 0 Å². The van der Waals surface area contributed by atoms with Crippen LogP contribution in [0.25, 0.3) is 22.4 Å². The van der Waals surface area contributed by atoms with E-state index >= 15 is 0 Å². The first-order valence-corrected chi connectivity index (χ1v) is 11.2. The molecule has 1 atom stereocenters. The summed E-state index contributed by atoms with van der Waals surface area (Å²) in [5, 5.41) is 21.2. The first-order valence-electron chi connectivity index (χ1n) is 11.2. The average molecular weight is 455 g/mol. The van der Waals surface area contributed by atoms with Crippen LogP contribution in [-0.4, -0.2) is 56.2 Å². The molecule has 1 fully saturated rings. The Hall–Kier alpha value is -3.01. The second kappa shape index (κ2) is 9.86. The Balaban J connectivity index is 1.73. The number of nitrogens with one attached hydrogen (secondary N) is 1.